The van der Waals surface area contributed by atoms with E-state index in [0.29, 0.717) is 19.4 Å². The van der Waals surface area contributed by atoms with Crippen LogP contribution < -0.4 is 15.0 Å². The first-order valence-corrected chi connectivity index (χ1v) is 10.0. The molecule has 3 saturated heterocycles. The second-order valence-corrected chi connectivity index (χ2v) is 8.04. The van der Waals surface area contributed by atoms with Crippen molar-refractivity contribution in [2.45, 2.75) is 63.8 Å². The SMILES string of the molecule is CCCNC(=O)OC12CCC3(CCN(c4ccc(OC(F)(F)F)cc4)C3O1)CC2. The van der Waals surface area contributed by atoms with E-state index >= 15 is 0 Å². The molecule has 2 bridgehead atoms. The van der Waals surface area contributed by atoms with Crippen molar-refractivity contribution in [2.75, 3.05) is 18.0 Å². The number of hydrogen-bond acceptors (Lipinski definition) is 5. The van der Waals surface area contributed by atoms with Crippen LogP contribution in [0.3, 0.4) is 0 Å². The number of alkyl carbamates (subject to hydrolysis) is 1. The zero-order valence-electron chi connectivity index (χ0n) is 16.3. The van der Waals surface area contributed by atoms with Crippen molar-refractivity contribution in [1.29, 1.82) is 0 Å². The van der Waals surface area contributed by atoms with Gasteiger partial charge in [0.1, 0.15) is 12.0 Å². The zero-order chi connectivity index (χ0) is 20.7. The number of anilines is 1. The second-order valence-electron chi connectivity index (χ2n) is 8.04. The minimum atomic E-state index is -4.72. The molecule has 1 spiro atoms. The van der Waals surface area contributed by atoms with Gasteiger partial charge in [0, 0.05) is 37.0 Å². The van der Waals surface area contributed by atoms with Crippen LogP contribution in [0.25, 0.3) is 0 Å². The van der Waals surface area contributed by atoms with Gasteiger partial charge in [-0.05, 0) is 49.9 Å². The number of benzene rings is 1. The Labute approximate surface area is 167 Å². The Morgan fingerprint density at radius 3 is 2.52 bits per heavy atom. The third kappa shape index (κ3) is 3.97. The van der Waals surface area contributed by atoms with Gasteiger partial charge in [0.05, 0.1) is 0 Å². The molecule has 160 valence electrons. The molecule has 1 atom stereocenters. The van der Waals surface area contributed by atoms with E-state index in [2.05, 4.69) is 15.0 Å². The van der Waals surface area contributed by atoms with E-state index in [1.54, 1.807) is 12.1 Å². The van der Waals surface area contributed by atoms with Crippen LogP contribution in [0, 0.1) is 5.41 Å². The fraction of sp³-hybridized carbons (Fsp3) is 0.650. The number of nitrogens with one attached hydrogen (secondary N) is 1. The number of ether oxygens (including phenoxy) is 3. The topological polar surface area (TPSA) is 60.0 Å². The summed E-state index contributed by atoms with van der Waals surface area (Å²) >= 11 is 0. The molecule has 0 aromatic heterocycles. The number of rotatable bonds is 5. The minimum Gasteiger partial charge on any atom is -0.417 e. The van der Waals surface area contributed by atoms with Crippen molar-refractivity contribution in [3.8, 4) is 5.75 Å². The Kier molecular flexibility index (Phi) is 5.04. The maximum Gasteiger partial charge on any atom is 0.573 e. The van der Waals surface area contributed by atoms with Gasteiger partial charge in [-0.15, -0.1) is 13.2 Å². The first kappa shape index (κ1) is 20.1. The quantitative estimate of drug-likeness (QED) is 0.766. The lowest BCUT2D eigenvalue weighted by molar-refractivity contribution is -0.312. The number of halogens is 3. The Morgan fingerprint density at radius 2 is 1.90 bits per heavy atom. The third-order valence-electron chi connectivity index (χ3n) is 6.19. The summed E-state index contributed by atoms with van der Waals surface area (Å²) in [7, 11) is 0. The summed E-state index contributed by atoms with van der Waals surface area (Å²) in [5.74, 6) is -1.19. The minimum absolute atomic E-state index is 0.00779. The summed E-state index contributed by atoms with van der Waals surface area (Å²) in [5, 5.41) is 2.72. The molecule has 1 saturated carbocycles. The van der Waals surface area contributed by atoms with Gasteiger partial charge in [-0.25, -0.2) is 4.79 Å². The van der Waals surface area contributed by atoms with Gasteiger partial charge in [0.15, 0.2) is 0 Å². The molecule has 6 nitrogen and oxygen atoms in total. The van der Waals surface area contributed by atoms with Crippen LogP contribution in [0.15, 0.2) is 24.3 Å². The van der Waals surface area contributed by atoms with Gasteiger partial charge in [-0.3, -0.25) is 0 Å². The first-order valence-electron chi connectivity index (χ1n) is 10.0. The molecule has 1 N–H and O–H groups in total. The molecule has 3 heterocycles. The summed E-state index contributed by atoms with van der Waals surface area (Å²) in [6.07, 6.45) is -0.586. The highest BCUT2D eigenvalue weighted by Gasteiger charge is 2.61. The van der Waals surface area contributed by atoms with Crippen LogP contribution in [-0.4, -0.2) is 37.6 Å². The Morgan fingerprint density at radius 1 is 1.21 bits per heavy atom. The van der Waals surface area contributed by atoms with Crippen LogP contribution in [0.4, 0.5) is 23.7 Å². The fourth-order valence-electron chi connectivity index (χ4n) is 4.71. The van der Waals surface area contributed by atoms with Crippen molar-refractivity contribution < 1.29 is 32.2 Å². The van der Waals surface area contributed by atoms with E-state index < -0.39 is 18.2 Å². The van der Waals surface area contributed by atoms with Crippen LogP contribution in [0.1, 0.15) is 45.4 Å². The van der Waals surface area contributed by atoms with Gasteiger partial charge in [-0.2, -0.15) is 0 Å². The number of amides is 1. The van der Waals surface area contributed by atoms with Crippen LogP contribution >= 0.6 is 0 Å². The Bertz CT molecular complexity index is 745. The van der Waals surface area contributed by atoms with Gasteiger partial charge < -0.3 is 24.4 Å². The molecule has 3 aliphatic heterocycles. The molecule has 1 aromatic carbocycles. The monoisotopic (exact) mass is 414 g/mol. The maximum atomic E-state index is 12.4. The standard InChI is InChI=1S/C20H25F3N2O4/c1-2-12-24-17(26)29-19-9-7-18(8-10-19)11-13-25(16(18)28-19)14-3-5-15(6-4-14)27-20(21,22)23/h3-6,16H,2,7-13H2,1H3,(H,24,26). The van der Waals surface area contributed by atoms with E-state index in [0.717, 1.165) is 37.9 Å². The van der Waals surface area contributed by atoms with Crippen molar-refractivity contribution >= 4 is 11.8 Å². The van der Waals surface area contributed by atoms with Gasteiger partial charge in [0.25, 0.3) is 0 Å². The lowest BCUT2D eigenvalue weighted by Crippen LogP contribution is -2.60. The van der Waals surface area contributed by atoms with Crippen molar-refractivity contribution in [2.24, 2.45) is 5.41 Å². The second kappa shape index (κ2) is 7.27. The van der Waals surface area contributed by atoms with E-state index in [4.69, 9.17) is 9.47 Å². The summed E-state index contributed by atoms with van der Waals surface area (Å²) in [5.41, 5.74) is 0.756. The fourth-order valence-corrected chi connectivity index (χ4v) is 4.71. The average molecular weight is 414 g/mol. The molecule has 29 heavy (non-hydrogen) atoms. The molecule has 1 unspecified atom stereocenters. The summed E-state index contributed by atoms with van der Waals surface area (Å²) < 4.78 is 53.2. The van der Waals surface area contributed by atoms with E-state index in [-0.39, 0.29) is 17.4 Å². The molecule has 4 fully saturated rings. The molecular formula is C20H25F3N2O4. The van der Waals surface area contributed by atoms with Crippen LogP contribution in [0.2, 0.25) is 0 Å². The van der Waals surface area contributed by atoms with Crippen LogP contribution in [-0.2, 0) is 9.47 Å². The largest absolute Gasteiger partial charge is 0.573 e. The molecule has 5 rings (SSSR count). The number of fused-ring (bicyclic) bond motifs is 2. The smallest absolute Gasteiger partial charge is 0.417 e. The van der Waals surface area contributed by atoms with E-state index in [1.165, 1.54) is 12.1 Å². The number of alkyl halides is 3. The molecule has 4 aliphatic rings. The van der Waals surface area contributed by atoms with Crippen LogP contribution in [0.5, 0.6) is 5.75 Å². The lowest BCUT2D eigenvalue weighted by atomic mass is 9.67. The predicted molar refractivity (Wildman–Crippen MR) is 98.4 cm³/mol. The lowest BCUT2D eigenvalue weighted by Gasteiger charge is -2.55. The normalized spacial score (nSPS) is 30.8. The summed E-state index contributed by atoms with van der Waals surface area (Å²) in [6.45, 7) is 3.25. The maximum absolute atomic E-state index is 12.4. The molecule has 0 radical (unpaired) electrons. The highest BCUT2D eigenvalue weighted by atomic mass is 19.4. The highest BCUT2D eigenvalue weighted by Crippen LogP contribution is 2.59. The zero-order valence-corrected chi connectivity index (χ0v) is 16.3. The third-order valence-corrected chi connectivity index (χ3v) is 6.19. The van der Waals surface area contributed by atoms with Crippen molar-refractivity contribution in [1.82, 2.24) is 5.32 Å². The Hall–Kier alpha value is -2.16. The number of carbonyl (C=O) groups excluding carboxylic acids is 1. The van der Waals surface area contributed by atoms with E-state index in [9.17, 15) is 18.0 Å². The number of nitrogens with zero attached hydrogens (tertiary/aromatic N) is 1. The number of carbonyl (C=O) groups is 1. The first-order chi connectivity index (χ1) is 13.7. The van der Waals surface area contributed by atoms with Gasteiger partial charge in [-0.1, -0.05) is 6.92 Å². The molecule has 1 amide bonds. The predicted octanol–water partition coefficient (Wildman–Crippen LogP) is 4.54. The van der Waals surface area contributed by atoms with Gasteiger partial charge in [0.2, 0.25) is 5.79 Å². The van der Waals surface area contributed by atoms with Crippen molar-refractivity contribution in [3.63, 3.8) is 0 Å². The molecule has 1 aliphatic carbocycles. The van der Waals surface area contributed by atoms with E-state index in [1.807, 2.05) is 6.92 Å². The molecular weight excluding hydrogens is 389 g/mol. The number of hydrogen-bond donors (Lipinski definition) is 1. The summed E-state index contributed by atoms with van der Waals surface area (Å²) in [6, 6.07) is 5.82. The van der Waals surface area contributed by atoms with Crippen molar-refractivity contribution in [3.05, 3.63) is 24.3 Å². The summed E-state index contributed by atoms with van der Waals surface area (Å²) in [4.78, 5) is 14.2. The average Bonchev–Trinajstić information content (AvgIpc) is 3.05. The molecule has 9 heteroatoms. The Balaban J connectivity index is 1.48. The highest BCUT2D eigenvalue weighted by molar-refractivity contribution is 5.67. The van der Waals surface area contributed by atoms with Gasteiger partial charge >= 0.3 is 12.5 Å². The molecule has 1 aromatic rings.